The lowest BCUT2D eigenvalue weighted by atomic mass is 10.3. The molecule has 0 saturated heterocycles. The first-order valence-electron chi connectivity index (χ1n) is 6.59. The Balaban J connectivity index is 2.37. The summed E-state index contributed by atoms with van der Waals surface area (Å²) in [5.74, 6) is 0. The normalized spacial score (nSPS) is 16.3. The van der Waals surface area contributed by atoms with E-state index in [9.17, 15) is 0 Å². The molecule has 0 radical (unpaired) electrons. The van der Waals surface area contributed by atoms with E-state index in [2.05, 4.69) is 80.1 Å². The van der Waals surface area contributed by atoms with E-state index in [0.717, 1.165) is 0 Å². The average molecular weight is 265 g/mol. The number of benzene rings is 1. The van der Waals surface area contributed by atoms with Crippen LogP contribution in [0.3, 0.4) is 0 Å². The van der Waals surface area contributed by atoms with Crippen LogP contribution >= 0.6 is 8.37 Å². The highest BCUT2D eigenvalue weighted by molar-refractivity contribution is 7.59. The van der Waals surface area contributed by atoms with Crippen LogP contribution in [0, 0.1) is 0 Å². The Morgan fingerprint density at radius 1 is 0.889 bits per heavy atom. The molecule has 1 aromatic rings. The fraction of sp³-hybridized carbons (Fsp3) is 0.571. The summed E-state index contributed by atoms with van der Waals surface area (Å²) in [6, 6.07) is 9.78. The van der Waals surface area contributed by atoms with Crippen LogP contribution in [0.5, 0.6) is 0 Å². The molecule has 0 unspecified atom stereocenters. The fourth-order valence-corrected chi connectivity index (χ4v) is 5.30. The van der Waals surface area contributed by atoms with Crippen LogP contribution in [0.4, 0.5) is 11.4 Å². The topological polar surface area (TPSA) is 9.72 Å². The molecular weight excluding hydrogens is 241 g/mol. The third-order valence-corrected chi connectivity index (χ3v) is 6.22. The summed E-state index contributed by atoms with van der Waals surface area (Å²) < 4.78 is 7.48. The van der Waals surface area contributed by atoms with Crippen LogP contribution in [0.1, 0.15) is 27.7 Å². The lowest BCUT2D eigenvalue weighted by Gasteiger charge is -2.41. The minimum atomic E-state index is -0.437. The molecule has 100 valence electrons. The molecule has 2 rings (SSSR count). The van der Waals surface area contributed by atoms with Gasteiger partial charge in [-0.3, -0.25) is 0 Å². The quantitative estimate of drug-likeness (QED) is 0.767. The van der Waals surface area contributed by atoms with Crippen molar-refractivity contribution in [1.82, 2.24) is 4.67 Å². The molecule has 0 aromatic heterocycles. The molecule has 1 aliphatic rings. The second kappa shape index (κ2) is 5.07. The van der Waals surface area contributed by atoms with Gasteiger partial charge >= 0.3 is 0 Å². The van der Waals surface area contributed by atoms with Gasteiger partial charge in [0.1, 0.15) is 0 Å². The van der Waals surface area contributed by atoms with Gasteiger partial charge in [-0.25, -0.2) is 4.67 Å². The van der Waals surface area contributed by atoms with Crippen molar-refractivity contribution in [1.29, 1.82) is 0 Å². The van der Waals surface area contributed by atoms with E-state index in [1.807, 2.05) is 0 Å². The Kier molecular flexibility index (Phi) is 3.84. The van der Waals surface area contributed by atoms with Crippen LogP contribution in [-0.4, -0.2) is 30.8 Å². The number of anilines is 2. The fourth-order valence-electron chi connectivity index (χ4n) is 2.72. The van der Waals surface area contributed by atoms with E-state index < -0.39 is 8.37 Å². The second-order valence-corrected chi connectivity index (χ2v) is 7.57. The van der Waals surface area contributed by atoms with E-state index >= 15 is 0 Å². The zero-order chi connectivity index (χ0) is 13.4. The first-order chi connectivity index (χ1) is 8.45. The van der Waals surface area contributed by atoms with Crippen molar-refractivity contribution in [3.05, 3.63) is 24.3 Å². The van der Waals surface area contributed by atoms with E-state index in [4.69, 9.17) is 0 Å². The molecule has 1 aromatic carbocycles. The van der Waals surface area contributed by atoms with Gasteiger partial charge in [0.15, 0.2) is 8.37 Å². The van der Waals surface area contributed by atoms with Crippen molar-refractivity contribution < 1.29 is 0 Å². The Morgan fingerprint density at radius 3 is 1.61 bits per heavy atom. The van der Waals surface area contributed by atoms with Gasteiger partial charge in [-0.05, 0) is 39.8 Å². The summed E-state index contributed by atoms with van der Waals surface area (Å²) in [6.45, 7) is 9.14. The highest BCUT2D eigenvalue weighted by Gasteiger charge is 2.38. The summed E-state index contributed by atoms with van der Waals surface area (Å²) in [6.07, 6.45) is 0. The maximum absolute atomic E-state index is 2.61. The molecule has 0 saturated carbocycles. The van der Waals surface area contributed by atoms with E-state index in [1.54, 1.807) is 0 Å². The molecule has 0 N–H and O–H groups in total. The van der Waals surface area contributed by atoms with Crippen LogP contribution in [0.2, 0.25) is 0 Å². The SMILES string of the molecule is CC(C)N(C(C)C)P1N(C)c2ccccc2N1C. The van der Waals surface area contributed by atoms with Crippen molar-refractivity contribution in [2.75, 3.05) is 23.4 Å². The second-order valence-electron chi connectivity index (χ2n) is 5.37. The molecule has 0 aliphatic carbocycles. The number of hydrogen-bond acceptors (Lipinski definition) is 3. The lowest BCUT2D eigenvalue weighted by molar-refractivity contribution is 0.321. The van der Waals surface area contributed by atoms with Gasteiger partial charge in [-0.1, -0.05) is 12.1 Å². The third-order valence-electron chi connectivity index (χ3n) is 3.38. The predicted molar refractivity (Wildman–Crippen MR) is 82.3 cm³/mol. The highest BCUT2D eigenvalue weighted by atomic mass is 31.2. The molecule has 0 fully saturated rings. The number of hydrogen-bond donors (Lipinski definition) is 0. The Bertz CT molecular complexity index is 382. The molecular formula is C14H24N3P. The van der Waals surface area contributed by atoms with Gasteiger partial charge in [0, 0.05) is 26.2 Å². The Hall–Kier alpha value is -0.790. The van der Waals surface area contributed by atoms with Gasteiger partial charge in [0.25, 0.3) is 0 Å². The maximum atomic E-state index is 2.61. The molecule has 4 heteroatoms. The molecule has 1 aliphatic heterocycles. The molecule has 0 atom stereocenters. The Labute approximate surface area is 112 Å². The van der Waals surface area contributed by atoms with Crippen LogP contribution in [-0.2, 0) is 0 Å². The first-order valence-corrected chi connectivity index (χ1v) is 7.79. The minimum Gasteiger partial charge on any atom is -0.323 e. The van der Waals surface area contributed by atoms with Gasteiger partial charge < -0.3 is 9.34 Å². The summed E-state index contributed by atoms with van der Waals surface area (Å²) in [5, 5.41) is 0. The van der Waals surface area contributed by atoms with Crippen LogP contribution in [0.25, 0.3) is 0 Å². The summed E-state index contributed by atoms with van der Waals surface area (Å²) in [5.41, 5.74) is 2.69. The number of para-hydroxylation sites is 2. The average Bonchev–Trinajstić information content (AvgIpc) is 2.55. The van der Waals surface area contributed by atoms with Gasteiger partial charge in [0.05, 0.1) is 11.4 Å². The van der Waals surface area contributed by atoms with Crippen molar-refractivity contribution in [2.24, 2.45) is 0 Å². The standard InChI is InChI=1S/C14H24N3P/c1-11(2)17(12(3)4)18-15(5)13-9-7-8-10-14(13)16(18)6/h7-12H,1-6H3. The Morgan fingerprint density at radius 2 is 1.28 bits per heavy atom. The van der Waals surface area contributed by atoms with E-state index in [0.29, 0.717) is 12.1 Å². The minimum absolute atomic E-state index is 0.437. The molecule has 3 nitrogen and oxygen atoms in total. The highest BCUT2D eigenvalue weighted by Crippen LogP contribution is 2.60. The number of rotatable bonds is 3. The zero-order valence-electron chi connectivity index (χ0n) is 12.3. The molecule has 18 heavy (non-hydrogen) atoms. The van der Waals surface area contributed by atoms with E-state index in [1.165, 1.54) is 11.4 Å². The van der Waals surface area contributed by atoms with Crippen molar-refractivity contribution in [2.45, 2.75) is 39.8 Å². The molecule has 0 spiro atoms. The van der Waals surface area contributed by atoms with E-state index in [-0.39, 0.29) is 0 Å². The lowest BCUT2D eigenvalue weighted by Crippen LogP contribution is -2.39. The maximum Gasteiger partial charge on any atom is 0.178 e. The van der Waals surface area contributed by atoms with Gasteiger partial charge in [-0.15, -0.1) is 0 Å². The van der Waals surface area contributed by atoms with Gasteiger partial charge in [-0.2, -0.15) is 0 Å². The third kappa shape index (κ3) is 2.10. The summed E-state index contributed by atoms with van der Waals surface area (Å²) in [7, 11) is 3.99. The smallest absolute Gasteiger partial charge is 0.178 e. The number of nitrogens with zero attached hydrogens (tertiary/aromatic N) is 3. The zero-order valence-corrected chi connectivity index (χ0v) is 13.1. The van der Waals surface area contributed by atoms with Crippen molar-refractivity contribution >= 4 is 19.7 Å². The summed E-state index contributed by atoms with van der Waals surface area (Å²) >= 11 is 0. The van der Waals surface area contributed by atoms with Gasteiger partial charge in [0.2, 0.25) is 0 Å². The first kappa shape index (κ1) is 13.6. The largest absolute Gasteiger partial charge is 0.323 e. The number of fused-ring (bicyclic) bond motifs is 1. The predicted octanol–water partition coefficient (Wildman–Crippen LogP) is 3.92. The monoisotopic (exact) mass is 265 g/mol. The molecule has 0 amide bonds. The van der Waals surface area contributed by atoms with Crippen LogP contribution < -0.4 is 9.34 Å². The molecule has 1 heterocycles. The van der Waals surface area contributed by atoms with Crippen molar-refractivity contribution in [3.63, 3.8) is 0 Å². The van der Waals surface area contributed by atoms with Crippen molar-refractivity contribution in [3.8, 4) is 0 Å². The summed E-state index contributed by atoms with van der Waals surface area (Å²) in [4.78, 5) is 0. The van der Waals surface area contributed by atoms with Crippen LogP contribution in [0.15, 0.2) is 24.3 Å². The molecule has 0 bridgehead atoms.